The zero-order chi connectivity index (χ0) is 17.3. The van der Waals surface area contributed by atoms with Crippen molar-refractivity contribution in [1.82, 2.24) is 9.55 Å². The number of rotatable bonds is 4. The first-order chi connectivity index (χ1) is 11.5. The van der Waals surface area contributed by atoms with Gasteiger partial charge in [0.05, 0.1) is 12.2 Å². The van der Waals surface area contributed by atoms with Crippen LogP contribution < -0.4 is 0 Å². The molecule has 0 aliphatic carbocycles. The fraction of sp³-hybridized carbons (Fsp3) is 0.111. The molecule has 0 atom stereocenters. The molecule has 0 unspecified atom stereocenters. The van der Waals surface area contributed by atoms with Crippen LogP contribution in [0, 0.1) is 12.7 Å². The molecule has 0 saturated heterocycles. The number of aryl methyl sites for hydroxylation is 1. The van der Waals surface area contributed by atoms with E-state index in [1.54, 1.807) is 11.5 Å². The molecule has 4 nitrogen and oxygen atoms in total. The van der Waals surface area contributed by atoms with Gasteiger partial charge in [-0.2, -0.15) is 0 Å². The smallest absolute Gasteiger partial charge is 0.354 e. The van der Waals surface area contributed by atoms with E-state index in [9.17, 15) is 14.3 Å². The molecular formula is C18H14ClFN2O2. The molecule has 0 amide bonds. The zero-order valence-corrected chi connectivity index (χ0v) is 13.6. The largest absolute Gasteiger partial charge is 0.477 e. The van der Waals surface area contributed by atoms with Crippen LogP contribution in [-0.4, -0.2) is 20.6 Å². The number of aromatic carboxylic acids is 1. The molecular weight excluding hydrogens is 331 g/mol. The molecule has 0 fully saturated rings. The van der Waals surface area contributed by atoms with E-state index in [4.69, 9.17) is 11.6 Å². The van der Waals surface area contributed by atoms with E-state index in [1.165, 1.54) is 18.2 Å². The van der Waals surface area contributed by atoms with Crippen LogP contribution in [0.15, 0.2) is 48.5 Å². The van der Waals surface area contributed by atoms with Gasteiger partial charge in [0.25, 0.3) is 0 Å². The van der Waals surface area contributed by atoms with Gasteiger partial charge < -0.3 is 9.67 Å². The van der Waals surface area contributed by atoms with Gasteiger partial charge in [-0.05, 0) is 30.7 Å². The highest BCUT2D eigenvalue weighted by Crippen LogP contribution is 2.26. The molecule has 3 rings (SSSR count). The summed E-state index contributed by atoms with van der Waals surface area (Å²) in [6.45, 7) is 1.75. The van der Waals surface area contributed by atoms with Crippen molar-refractivity contribution in [2.24, 2.45) is 0 Å². The first-order valence-corrected chi connectivity index (χ1v) is 7.65. The van der Waals surface area contributed by atoms with Gasteiger partial charge in [0.2, 0.25) is 0 Å². The van der Waals surface area contributed by atoms with Gasteiger partial charge in [0, 0.05) is 10.6 Å². The monoisotopic (exact) mass is 344 g/mol. The number of carbonyl (C=O) groups is 1. The second-order valence-electron chi connectivity index (χ2n) is 5.36. The van der Waals surface area contributed by atoms with Crippen LogP contribution in [0.2, 0.25) is 5.02 Å². The van der Waals surface area contributed by atoms with Crippen LogP contribution in [0.3, 0.4) is 0 Å². The molecule has 6 heteroatoms. The first kappa shape index (κ1) is 16.2. The fourth-order valence-corrected chi connectivity index (χ4v) is 2.82. The Balaban J connectivity index is 2.18. The van der Waals surface area contributed by atoms with E-state index in [2.05, 4.69) is 4.98 Å². The summed E-state index contributed by atoms with van der Waals surface area (Å²) in [7, 11) is 0. The zero-order valence-electron chi connectivity index (χ0n) is 12.8. The third-order valence-corrected chi connectivity index (χ3v) is 4.08. The Morgan fingerprint density at radius 2 is 1.96 bits per heavy atom. The topological polar surface area (TPSA) is 55.1 Å². The molecule has 1 aromatic heterocycles. The minimum absolute atomic E-state index is 0.0641. The molecule has 0 spiro atoms. The summed E-state index contributed by atoms with van der Waals surface area (Å²) in [5, 5.41) is 9.91. The molecule has 2 aromatic carbocycles. The molecule has 0 bridgehead atoms. The number of carboxylic acid groups (broad SMARTS) is 1. The number of hydrogen-bond acceptors (Lipinski definition) is 2. The summed E-state index contributed by atoms with van der Waals surface area (Å²) in [5.41, 5.74) is 1.73. The number of hydrogen-bond donors (Lipinski definition) is 1. The lowest BCUT2D eigenvalue weighted by Crippen LogP contribution is -2.12. The Bertz CT molecular complexity index is 907. The number of nitrogens with zero attached hydrogens (tertiary/aromatic N) is 2. The van der Waals surface area contributed by atoms with Gasteiger partial charge in [-0.15, -0.1) is 0 Å². The highest BCUT2D eigenvalue weighted by atomic mass is 35.5. The maximum Gasteiger partial charge on any atom is 0.354 e. The third kappa shape index (κ3) is 3.03. The molecule has 0 saturated carbocycles. The summed E-state index contributed by atoms with van der Waals surface area (Å²) >= 11 is 6.14. The van der Waals surface area contributed by atoms with Crippen LogP contribution >= 0.6 is 11.6 Å². The Labute approximate surface area is 143 Å². The van der Waals surface area contributed by atoms with Crippen molar-refractivity contribution in [3.63, 3.8) is 0 Å². The second-order valence-corrected chi connectivity index (χ2v) is 5.77. The number of carboxylic acids is 1. The second kappa shape index (κ2) is 6.45. The molecule has 0 aliphatic heterocycles. The Morgan fingerprint density at radius 3 is 2.62 bits per heavy atom. The molecule has 1 heterocycles. The van der Waals surface area contributed by atoms with Crippen molar-refractivity contribution in [2.45, 2.75) is 13.5 Å². The predicted octanol–water partition coefficient (Wildman–Crippen LogP) is 4.40. The summed E-state index contributed by atoms with van der Waals surface area (Å²) in [5.74, 6) is -1.01. The van der Waals surface area contributed by atoms with E-state index >= 15 is 0 Å². The van der Waals surface area contributed by atoms with Gasteiger partial charge in [-0.25, -0.2) is 14.2 Å². The fourth-order valence-electron chi connectivity index (χ4n) is 2.64. The highest BCUT2D eigenvalue weighted by Gasteiger charge is 2.21. The Kier molecular flexibility index (Phi) is 4.36. The number of benzene rings is 2. The number of aromatic nitrogens is 2. The summed E-state index contributed by atoms with van der Waals surface area (Å²) in [6, 6.07) is 13.3. The van der Waals surface area contributed by atoms with Gasteiger partial charge in [-0.3, -0.25) is 0 Å². The molecule has 3 aromatic rings. The minimum Gasteiger partial charge on any atom is -0.477 e. The van der Waals surface area contributed by atoms with E-state index < -0.39 is 11.8 Å². The average molecular weight is 345 g/mol. The SMILES string of the molecule is Cc1nc(-c2ccccc2)n(Cc2cc(F)ccc2Cl)c1C(=O)O. The minimum atomic E-state index is -1.09. The number of halogens is 2. The Hall–Kier alpha value is -2.66. The van der Waals surface area contributed by atoms with Gasteiger partial charge in [-0.1, -0.05) is 41.9 Å². The van der Waals surface area contributed by atoms with Crippen LogP contribution in [0.4, 0.5) is 4.39 Å². The highest BCUT2D eigenvalue weighted by molar-refractivity contribution is 6.31. The van der Waals surface area contributed by atoms with Crippen LogP contribution in [0.5, 0.6) is 0 Å². The normalized spacial score (nSPS) is 10.8. The van der Waals surface area contributed by atoms with Crippen molar-refractivity contribution >= 4 is 17.6 Å². The van der Waals surface area contributed by atoms with E-state index in [0.29, 0.717) is 22.1 Å². The van der Waals surface area contributed by atoms with Crippen molar-refractivity contribution in [2.75, 3.05) is 0 Å². The molecule has 0 aliphatic rings. The summed E-state index contributed by atoms with van der Waals surface area (Å²) in [6.07, 6.45) is 0. The maximum absolute atomic E-state index is 13.5. The third-order valence-electron chi connectivity index (χ3n) is 3.71. The van der Waals surface area contributed by atoms with E-state index in [0.717, 1.165) is 5.56 Å². The lowest BCUT2D eigenvalue weighted by molar-refractivity contribution is 0.0685. The van der Waals surface area contributed by atoms with Crippen LogP contribution in [0.1, 0.15) is 21.7 Å². The van der Waals surface area contributed by atoms with Crippen molar-refractivity contribution < 1.29 is 14.3 Å². The summed E-state index contributed by atoms with van der Waals surface area (Å²) < 4.78 is 15.1. The molecule has 24 heavy (non-hydrogen) atoms. The first-order valence-electron chi connectivity index (χ1n) is 7.27. The maximum atomic E-state index is 13.5. The van der Waals surface area contributed by atoms with Gasteiger partial charge in [0.1, 0.15) is 11.6 Å². The average Bonchev–Trinajstić information content (AvgIpc) is 2.88. The molecule has 122 valence electrons. The lowest BCUT2D eigenvalue weighted by atomic mass is 10.2. The summed E-state index contributed by atoms with van der Waals surface area (Å²) in [4.78, 5) is 16.1. The lowest BCUT2D eigenvalue weighted by Gasteiger charge is -2.12. The predicted molar refractivity (Wildman–Crippen MR) is 89.9 cm³/mol. The van der Waals surface area contributed by atoms with E-state index in [-0.39, 0.29) is 12.2 Å². The standard InChI is InChI=1S/C18H14ClFN2O2/c1-11-16(18(23)24)22(10-13-9-14(20)7-8-15(13)19)17(21-11)12-5-3-2-4-6-12/h2-9H,10H2,1H3,(H,23,24). The van der Waals surface area contributed by atoms with Gasteiger partial charge in [0.15, 0.2) is 5.69 Å². The Morgan fingerprint density at radius 1 is 1.25 bits per heavy atom. The van der Waals surface area contributed by atoms with Crippen LogP contribution in [-0.2, 0) is 6.54 Å². The molecule has 0 radical (unpaired) electrons. The van der Waals surface area contributed by atoms with Crippen molar-refractivity contribution in [3.8, 4) is 11.4 Å². The quantitative estimate of drug-likeness (QED) is 0.763. The van der Waals surface area contributed by atoms with E-state index in [1.807, 2.05) is 30.3 Å². The van der Waals surface area contributed by atoms with Crippen molar-refractivity contribution in [3.05, 3.63) is 76.3 Å². The van der Waals surface area contributed by atoms with Crippen molar-refractivity contribution in [1.29, 1.82) is 0 Å². The number of imidazole rings is 1. The molecule has 1 N–H and O–H groups in total. The van der Waals surface area contributed by atoms with Gasteiger partial charge >= 0.3 is 5.97 Å². The van der Waals surface area contributed by atoms with Crippen LogP contribution in [0.25, 0.3) is 11.4 Å².